The Kier molecular flexibility index (Phi) is 7.26. The van der Waals surface area contributed by atoms with E-state index in [-0.39, 0.29) is 10.6 Å². The first-order valence-corrected chi connectivity index (χ1v) is 11.0. The van der Waals surface area contributed by atoms with Crippen LogP contribution in [-0.4, -0.2) is 27.5 Å². The quantitative estimate of drug-likeness (QED) is 0.498. The summed E-state index contributed by atoms with van der Waals surface area (Å²) in [5.74, 6) is -1.77. The highest BCUT2D eigenvalue weighted by Gasteiger charge is 2.15. The van der Waals surface area contributed by atoms with Crippen LogP contribution in [0.3, 0.4) is 0 Å². The maximum atomic E-state index is 13.6. The normalized spacial score (nSPS) is 11.0. The van der Waals surface area contributed by atoms with Crippen LogP contribution < -0.4 is 19.5 Å². The van der Waals surface area contributed by atoms with Gasteiger partial charge < -0.3 is 14.8 Å². The molecular weight excluding hydrogens is 442 g/mol. The predicted octanol–water partition coefficient (Wildman–Crippen LogP) is 4.18. The Hall–Kier alpha value is -3.66. The molecule has 0 radical (unpaired) electrons. The number of halogens is 2. The number of anilines is 2. The van der Waals surface area contributed by atoms with Crippen molar-refractivity contribution in [3.8, 4) is 11.5 Å². The molecule has 32 heavy (non-hydrogen) atoms. The average molecular weight is 462 g/mol. The molecule has 0 aliphatic heterocycles. The van der Waals surface area contributed by atoms with Crippen LogP contribution in [0.1, 0.15) is 6.92 Å². The first-order chi connectivity index (χ1) is 15.3. The topological polar surface area (TPSA) is 93.7 Å². The number of sulfonamides is 1. The zero-order valence-electron chi connectivity index (χ0n) is 17.0. The van der Waals surface area contributed by atoms with E-state index in [9.17, 15) is 22.0 Å². The van der Waals surface area contributed by atoms with E-state index in [0.29, 0.717) is 18.0 Å². The molecule has 0 saturated heterocycles. The van der Waals surface area contributed by atoms with Crippen LogP contribution in [0.2, 0.25) is 0 Å². The molecule has 1 amide bonds. The molecule has 0 atom stereocenters. The van der Waals surface area contributed by atoms with Crippen molar-refractivity contribution in [3.05, 3.63) is 78.4 Å². The lowest BCUT2D eigenvalue weighted by atomic mass is 10.3. The number of ether oxygens (including phenoxy) is 2. The monoisotopic (exact) mass is 462 g/mol. The lowest BCUT2D eigenvalue weighted by molar-refractivity contribution is -0.118. The minimum absolute atomic E-state index is 0.0170. The summed E-state index contributed by atoms with van der Waals surface area (Å²) >= 11 is 0. The third-order valence-corrected chi connectivity index (χ3v) is 5.55. The Morgan fingerprint density at radius 3 is 2.03 bits per heavy atom. The van der Waals surface area contributed by atoms with Crippen molar-refractivity contribution in [3.63, 3.8) is 0 Å². The molecule has 0 aliphatic carbocycles. The van der Waals surface area contributed by atoms with Crippen molar-refractivity contribution < 1.29 is 31.5 Å². The van der Waals surface area contributed by atoms with E-state index in [1.54, 1.807) is 24.3 Å². The van der Waals surface area contributed by atoms with Gasteiger partial charge in [0.1, 0.15) is 28.8 Å². The van der Waals surface area contributed by atoms with Crippen LogP contribution >= 0.6 is 0 Å². The summed E-state index contributed by atoms with van der Waals surface area (Å²) in [6.45, 7) is 1.82. The third kappa shape index (κ3) is 5.94. The van der Waals surface area contributed by atoms with E-state index < -0.39 is 39.9 Å². The Morgan fingerprint density at radius 1 is 0.875 bits per heavy atom. The highest BCUT2D eigenvalue weighted by Crippen LogP contribution is 2.22. The molecule has 3 aromatic rings. The van der Waals surface area contributed by atoms with Crippen LogP contribution in [0.4, 0.5) is 20.2 Å². The third-order valence-electron chi connectivity index (χ3n) is 4.15. The van der Waals surface area contributed by atoms with Crippen LogP contribution in [-0.2, 0) is 14.8 Å². The van der Waals surface area contributed by atoms with Gasteiger partial charge in [-0.05, 0) is 67.6 Å². The smallest absolute Gasteiger partial charge is 0.262 e. The second-order valence-corrected chi connectivity index (χ2v) is 8.15. The summed E-state index contributed by atoms with van der Waals surface area (Å²) < 4.78 is 65.3. The molecule has 0 aliphatic rings. The second kappa shape index (κ2) is 10.1. The number of benzene rings is 3. The van der Waals surface area contributed by atoms with Gasteiger partial charge in [-0.15, -0.1) is 0 Å². The van der Waals surface area contributed by atoms with E-state index >= 15 is 0 Å². The van der Waals surface area contributed by atoms with Crippen LogP contribution in [0.5, 0.6) is 11.5 Å². The van der Waals surface area contributed by atoms with Gasteiger partial charge >= 0.3 is 0 Å². The molecule has 0 spiro atoms. The SMILES string of the molecule is CCOc1ccc(NS(=O)(=O)c2ccc(OCC(=O)Nc3c(F)cccc3F)cc2)cc1. The van der Waals surface area contributed by atoms with E-state index in [1.807, 2.05) is 6.92 Å². The molecule has 168 valence electrons. The predicted molar refractivity (Wildman–Crippen MR) is 115 cm³/mol. The average Bonchev–Trinajstić information content (AvgIpc) is 2.77. The molecule has 2 N–H and O–H groups in total. The fourth-order valence-corrected chi connectivity index (χ4v) is 3.72. The highest BCUT2D eigenvalue weighted by atomic mass is 32.2. The number of carbonyl (C=O) groups is 1. The number of amides is 1. The Labute approximate surface area is 184 Å². The molecule has 3 rings (SSSR count). The summed E-state index contributed by atoms with van der Waals surface area (Å²) in [6, 6.07) is 15.0. The van der Waals surface area contributed by atoms with Gasteiger partial charge in [0.2, 0.25) is 0 Å². The maximum Gasteiger partial charge on any atom is 0.262 e. The number of para-hydroxylation sites is 1. The Bertz CT molecular complexity index is 1160. The molecule has 10 heteroatoms. The van der Waals surface area contributed by atoms with Crippen molar-refractivity contribution in [2.75, 3.05) is 23.3 Å². The van der Waals surface area contributed by atoms with E-state index in [4.69, 9.17) is 9.47 Å². The van der Waals surface area contributed by atoms with E-state index in [2.05, 4.69) is 10.0 Å². The van der Waals surface area contributed by atoms with Gasteiger partial charge in [0.05, 0.1) is 11.5 Å². The molecular formula is C22H20F2N2O5S. The summed E-state index contributed by atoms with van der Waals surface area (Å²) in [6.07, 6.45) is 0. The molecule has 7 nitrogen and oxygen atoms in total. The van der Waals surface area contributed by atoms with Crippen LogP contribution in [0.15, 0.2) is 71.6 Å². The summed E-state index contributed by atoms with van der Waals surface area (Å²) in [5, 5.41) is 2.09. The van der Waals surface area contributed by atoms with E-state index in [1.165, 1.54) is 30.3 Å². The van der Waals surface area contributed by atoms with Crippen molar-refractivity contribution in [1.82, 2.24) is 0 Å². The first kappa shape index (κ1) is 23.0. The number of nitrogens with one attached hydrogen (secondary N) is 2. The number of hydrogen-bond donors (Lipinski definition) is 2. The van der Waals surface area contributed by atoms with Gasteiger partial charge in [-0.1, -0.05) is 6.07 Å². The van der Waals surface area contributed by atoms with Crippen LogP contribution in [0.25, 0.3) is 0 Å². The van der Waals surface area contributed by atoms with Gasteiger partial charge in [0, 0.05) is 5.69 Å². The first-order valence-electron chi connectivity index (χ1n) is 9.51. The molecule has 0 heterocycles. The maximum absolute atomic E-state index is 13.6. The number of rotatable bonds is 9. The fourth-order valence-electron chi connectivity index (χ4n) is 2.66. The summed E-state index contributed by atoms with van der Waals surface area (Å²) in [7, 11) is -3.85. The minimum Gasteiger partial charge on any atom is -0.494 e. The minimum atomic E-state index is -3.85. The molecule has 0 fully saturated rings. The van der Waals surface area contributed by atoms with Gasteiger partial charge in [-0.3, -0.25) is 9.52 Å². The van der Waals surface area contributed by atoms with Crippen molar-refractivity contribution >= 4 is 27.3 Å². The second-order valence-electron chi connectivity index (χ2n) is 6.47. The summed E-state index contributed by atoms with van der Waals surface area (Å²) in [5.41, 5.74) is -0.200. The largest absolute Gasteiger partial charge is 0.494 e. The molecule has 0 aromatic heterocycles. The zero-order chi connectivity index (χ0) is 23.1. The fraction of sp³-hybridized carbons (Fsp3) is 0.136. The van der Waals surface area contributed by atoms with Gasteiger partial charge in [0.15, 0.2) is 6.61 Å². The summed E-state index contributed by atoms with van der Waals surface area (Å²) in [4.78, 5) is 11.9. The van der Waals surface area contributed by atoms with Crippen molar-refractivity contribution in [2.24, 2.45) is 0 Å². The van der Waals surface area contributed by atoms with Gasteiger partial charge in [-0.2, -0.15) is 0 Å². The molecule has 0 bridgehead atoms. The highest BCUT2D eigenvalue weighted by molar-refractivity contribution is 7.92. The standard InChI is InChI=1S/C22H20F2N2O5S/c1-2-30-16-8-6-15(7-9-16)26-32(28,29)18-12-10-17(11-13-18)31-14-21(27)25-22-19(23)4-3-5-20(22)24/h3-13,26H,2,14H2,1H3,(H,25,27). The van der Waals surface area contributed by atoms with Crippen LogP contribution in [0, 0.1) is 11.6 Å². The lowest BCUT2D eigenvalue weighted by Gasteiger charge is -2.11. The van der Waals surface area contributed by atoms with Crippen molar-refractivity contribution in [2.45, 2.75) is 11.8 Å². The van der Waals surface area contributed by atoms with Gasteiger partial charge in [-0.25, -0.2) is 17.2 Å². The van der Waals surface area contributed by atoms with Gasteiger partial charge in [0.25, 0.3) is 15.9 Å². The number of hydrogen-bond acceptors (Lipinski definition) is 5. The molecule has 3 aromatic carbocycles. The lowest BCUT2D eigenvalue weighted by Crippen LogP contribution is -2.21. The number of carbonyl (C=O) groups excluding carboxylic acids is 1. The molecule has 0 saturated carbocycles. The van der Waals surface area contributed by atoms with E-state index in [0.717, 1.165) is 12.1 Å². The Balaban J connectivity index is 1.58. The Morgan fingerprint density at radius 2 is 1.44 bits per heavy atom. The molecule has 0 unspecified atom stereocenters. The van der Waals surface area contributed by atoms with Crippen molar-refractivity contribution in [1.29, 1.82) is 0 Å². The zero-order valence-corrected chi connectivity index (χ0v) is 17.8.